The fourth-order valence-electron chi connectivity index (χ4n) is 3.30. The second-order valence-corrected chi connectivity index (χ2v) is 5.69. The van der Waals surface area contributed by atoms with Gasteiger partial charge in [0.1, 0.15) is 0 Å². The van der Waals surface area contributed by atoms with Crippen molar-refractivity contribution >= 4 is 17.8 Å². The summed E-state index contributed by atoms with van der Waals surface area (Å²) in [4.78, 5) is 36.7. The summed E-state index contributed by atoms with van der Waals surface area (Å²) in [5, 5.41) is 11.5. The monoisotopic (exact) mass is 302 g/mol. The minimum atomic E-state index is -0.885. The number of nitrogens with zero attached hydrogens (tertiary/aromatic N) is 1. The molecule has 1 aromatic carbocycles. The number of rotatable bonds is 4. The molecule has 116 valence electrons. The van der Waals surface area contributed by atoms with Gasteiger partial charge in [-0.05, 0) is 30.0 Å². The van der Waals surface area contributed by atoms with Crippen LogP contribution in [0, 0.1) is 0 Å². The Labute approximate surface area is 128 Å². The van der Waals surface area contributed by atoms with Gasteiger partial charge in [0.2, 0.25) is 5.91 Å². The summed E-state index contributed by atoms with van der Waals surface area (Å²) in [5.74, 6) is -1.01. The summed E-state index contributed by atoms with van der Waals surface area (Å²) in [6.45, 7) is 1.04. The van der Waals surface area contributed by atoms with Crippen molar-refractivity contribution in [3.05, 3.63) is 34.9 Å². The third-order valence-electron chi connectivity index (χ3n) is 4.33. The lowest BCUT2D eigenvalue weighted by molar-refractivity contribution is -0.137. The van der Waals surface area contributed by atoms with E-state index in [9.17, 15) is 14.4 Å². The fourth-order valence-corrected chi connectivity index (χ4v) is 3.30. The van der Waals surface area contributed by atoms with Crippen LogP contribution < -0.4 is 5.32 Å². The summed E-state index contributed by atoms with van der Waals surface area (Å²) in [6.07, 6.45) is 1.31. The molecule has 2 heterocycles. The van der Waals surface area contributed by atoms with Crippen molar-refractivity contribution in [1.29, 1.82) is 0 Å². The number of carbonyl (C=O) groups excluding carboxylic acids is 2. The molecule has 2 amide bonds. The average molecular weight is 302 g/mol. The van der Waals surface area contributed by atoms with Crippen LogP contribution in [-0.2, 0) is 16.0 Å². The van der Waals surface area contributed by atoms with Crippen LogP contribution >= 0.6 is 0 Å². The zero-order valence-electron chi connectivity index (χ0n) is 12.2. The molecule has 2 N–H and O–H groups in total. The van der Waals surface area contributed by atoms with Crippen LogP contribution in [-0.4, -0.2) is 40.9 Å². The van der Waals surface area contributed by atoms with Crippen LogP contribution in [0.5, 0.6) is 0 Å². The van der Waals surface area contributed by atoms with E-state index in [0.29, 0.717) is 25.1 Å². The van der Waals surface area contributed by atoms with E-state index >= 15 is 0 Å². The molecule has 0 bridgehead atoms. The van der Waals surface area contributed by atoms with Crippen LogP contribution in [0.25, 0.3) is 0 Å². The number of nitrogens with one attached hydrogen (secondary N) is 1. The summed E-state index contributed by atoms with van der Waals surface area (Å²) < 4.78 is 0. The van der Waals surface area contributed by atoms with Gasteiger partial charge >= 0.3 is 5.97 Å². The second-order valence-electron chi connectivity index (χ2n) is 5.69. The first kappa shape index (κ1) is 14.6. The Morgan fingerprint density at radius 1 is 1.32 bits per heavy atom. The molecule has 22 heavy (non-hydrogen) atoms. The van der Waals surface area contributed by atoms with Gasteiger partial charge < -0.3 is 15.3 Å². The smallest absolute Gasteiger partial charge is 0.303 e. The van der Waals surface area contributed by atoms with Crippen molar-refractivity contribution in [2.24, 2.45) is 0 Å². The third kappa shape index (κ3) is 2.56. The molecule has 1 atom stereocenters. The van der Waals surface area contributed by atoms with E-state index in [-0.39, 0.29) is 30.7 Å². The molecule has 2 aliphatic heterocycles. The van der Waals surface area contributed by atoms with Gasteiger partial charge in [0.25, 0.3) is 5.91 Å². The molecule has 6 heteroatoms. The SMILES string of the molecule is O=C(O)CCCC(=O)N1CCc2cccc3c2C1CNC3=O. The molecule has 3 rings (SSSR count). The van der Waals surface area contributed by atoms with Gasteiger partial charge in [-0.3, -0.25) is 14.4 Å². The summed E-state index contributed by atoms with van der Waals surface area (Å²) in [7, 11) is 0. The maximum absolute atomic E-state index is 12.4. The van der Waals surface area contributed by atoms with Gasteiger partial charge in [0.05, 0.1) is 6.04 Å². The van der Waals surface area contributed by atoms with E-state index in [0.717, 1.165) is 17.5 Å². The molecular weight excluding hydrogens is 284 g/mol. The summed E-state index contributed by atoms with van der Waals surface area (Å²) in [5.41, 5.74) is 2.74. The molecule has 0 fully saturated rings. The minimum Gasteiger partial charge on any atom is -0.481 e. The number of amides is 2. The molecular formula is C16H18N2O4. The minimum absolute atomic E-state index is 0.00280. The van der Waals surface area contributed by atoms with Crippen molar-refractivity contribution in [2.45, 2.75) is 31.7 Å². The van der Waals surface area contributed by atoms with Gasteiger partial charge in [-0.1, -0.05) is 12.1 Å². The lowest BCUT2D eigenvalue weighted by Crippen LogP contribution is -2.49. The predicted octanol–water partition coefficient (Wildman–Crippen LogP) is 1.11. The summed E-state index contributed by atoms with van der Waals surface area (Å²) in [6, 6.07) is 5.55. The molecule has 0 saturated carbocycles. The molecule has 6 nitrogen and oxygen atoms in total. The first-order chi connectivity index (χ1) is 10.6. The lowest BCUT2D eigenvalue weighted by Gasteiger charge is -2.40. The van der Waals surface area contributed by atoms with Crippen LogP contribution in [0.1, 0.15) is 46.8 Å². The predicted molar refractivity (Wildman–Crippen MR) is 78.4 cm³/mol. The van der Waals surface area contributed by atoms with E-state index in [4.69, 9.17) is 5.11 Å². The van der Waals surface area contributed by atoms with Crippen molar-refractivity contribution in [3.8, 4) is 0 Å². The molecule has 1 aromatic rings. The van der Waals surface area contributed by atoms with Gasteiger partial charge in [0, 0.05) is 31.5 Å². The Bertz CT molecular complexity index is 641. The average Bonchev–Trinajstić information content (AvgIpc) is 2.50. The Hall–Kier alpha value is -2.37. The Kier molecular flexibility index (Phi) is 3.83. The van der Waals surface area contributed by atoms with Crippen molar-refractivity contribution in [2.75, 3.05) is 13.1 Å². The van der Waals surface area contributed by atoms with Gasteiger partial charge in [-0.2, -0.15) is 0 Å². The molecule has 2 aliphatic rings. The molecule has 0 saturated heterocycles. The molecule has 0 aromatic heterocycles. The van der Waals surface area contributed by atoms with E-state index in [1.54, 1.807) is 11.0 Å². The van der Waals surface area contributed by atoms with Crippen molar-refractivity contribution in [1.82, 2.24) is 10.2 Å². The highest BCUT2D eigenvalue weighted by Crippen LogP contribution is 2.35. The van der Waals surface area contributed by atoms with Crippen molar-refractivity contribution < 1.29 is 19.5 Å². The second kappa shape index (κ2) is 5.79. The highest BCUT2D eigenvalue weighted by atomic mass is 16.4. The number of hydrogen-bond acceptors (Lipinski definition) is 3. The van der Waals surface area contributed by atoms with Crippen LogP contribution in [0.2, 0.25) is 0 Å². The largest absolute Gasteiger partial charge is 0.481 e. The maximum Gasteiger partial charge on any atom is 0.303 e. The van der Waals surface area contributed by atoms with Gasteiger partial charge in [-0.15, -0.1) is 0 Å². The number of hydrogen-bond donors (Lipinski definition) is 2. The van der Waals surface area contributed by atoms with Crippen molar-refractivity contribution in [3.63, 3.8) is 0 Å². The summed E-state index contributed by atoms with van der Waals surface area (Å²) >= 11 is 0. The highest BCUT2D eigenvalue weighted by molar-refractivity contribution is 5.98. The zero-order valence-corrected chi connectivity index (χ0v) is 12.2. The fraction of sp³-hybridized carbons (Fsp3) is 0.438. The maximum atomic E-state index is 12.4. The van der Waals surface area contributed by atoms with Crippen LogP contribution in [0.4, 0.5) is 0 Å². The first-order valence-corrected chi connectivity index (χ1v) is 7.49. The van der Waals surface area contributed by atoms with E-state index in [1.165, 1.54) is 0 Å². The van der Waals surface area contributed by atoms with E-state index in [1.807, 2.05) is 12.1 Å². The highest BCUT2D eigenvalue weighted by Gasteiger charge is 2.36. The van der Waals surface area contributed by atoms with Crippen LogP contribution in [0.15, 0.2) is 18.2 Å². The Morgan fingerprint density at radius 3 is 2.91 bits per heavy atom. The molecule has 1 unspecified atom stereocenters. The normalized spacial score (nSPS) is 19.4. The quantitative estimate of drug-likeness (QED) is 0.872. The van der Waals surface area contributed by atoms with E-state index in [2.05, 4.69) is 5.32 Å². The molecule has 0 aliphatic carbocycles. The zero-order chi connectivity index (χ0) is 15.7. The topological polar surface area (TPSA) is 86.7 Å². The molecule has 0 spiro atoms. The Morgan fingerprint density at radius 2 is 2.14 bits per heavy atom. The Balaban J connectivity index is 1.80. The molecule has 0 radical (unpaired) electrons. The number of carboxylic acids is 1. The number of aliphatic carboxylic acids is 1. The van der Waals surface area contributed by atoms with Gasteiger partial charge in [-0.25, -0.2) is 0 Å². The number of benzene rings is 1. The first-order valence-electron chi connectivity index (χ1n) is 7.49. The van der Waals surface area contributed by atoms with E-state index < -0.39 is 5.97 Å². The standard InChI is InChI=1S/C16H18N2O4/c19-13(5-2-6-14(20)21)18-8-7-10-3-1-4-11-15(10)12(18)9-17-16(11)22/h1,3-4,12H,2,5-9H2,(H,17,22)(H,20,21). The number of carboxylic acid groups (broad SMARTS) is 1. The van der Waals surface area contributed by atoms with Crippen LogP contribution in [0.3, 0.4) is 0 Å². The lowest BCUT2D eigenvalue weighted by atomic mass is 9.85. The third-order valence-corrected chi connectivity index (χ3v) is 4.33. The number of carbonyl (C=O) groups is 3. The van der Waals surface area contributed by atoms with Gasteiger partial charge in [0.15, 0.2) is 0 Å².